The van der Waals surface area contributed by atoms with E-state index in [0.717, 1.165) is 18.0 Å². The number of nitrogens with one attached hydrogen (secondary N) is 1. The molecule has 1 N–H and O–H groups in total. The first kappa shape index (κ1) is 9.17. The smallest absolute Gasteiger partial charge is 0.0209 e. The van der Waals surface area contributed by atoms with Gasteiger partial charge in [-0.2, -0.15) is 0 Å². The van der Waals surface area contributed by atoms with Gasteiger partial charge in [0.25, 0.3) is 0 Å². The molecule has 2 aliphatic carbocycles. The van der Waals surface area contributed by atoms with Crippen molar-refractivity contribution in [3.05, 3.63) is 0 Å². The van der Waals surface area contributed by atoms with Crippen molar-refractivity contribution < 1.29 is 0 Å². The highest BCUT2D eigenvalue weighted by Crippen LogP contribution is 2.32. The molecule has 0 bridgehead atoms. The molecule has 3 rings (SSSR count). The van der Waals surface area contributed by atoms with Crippen LogP contribution in [-0.2, 0) is 0 Å². The maximum atomic E-state index is 3.74. The molecule has 14 heavy (non-hydrogen) atoms. The monoisotopic (exact) mass is 194 g/mol. The first-order chi connectivity index (χ1) is 6.90. The van der Waals surface area contributed by atoms with Gasteiger partial charge in [0.2, 0.25) is 0 Å². The minimum atomic E-state index is 0.821. The van der Waals surface area contributed by atoms with Crippen molar-refractivity contribution in [2.24, 2.45) is 5.92 Å². The molecule has 0 spiro atoms. The molecule has 1 atom stereocenters. The highest BCUT2D eigenvalue weighted by atomic mass is 15.2. The number of hydrogen-bond acceptors (Lipinski definition) is 2. The minimum Gasteiger partial charge on any atom is -0.310 e. The molecule has 0 amide bonds. The van der Waals surface area contributed by atoms with Crippen LogP contribution in [0.2, 0.25) is 0 Å². The fourth-order valence-electron chi connectivity index (χ4n) is 2.53. The SMILES string of the molecule is C1CC1CCN1CCC(NC2CC2)C1. The topological polar surface area (TPSA) is 15.3 Å². The van der Waals surface area contributed by atoms with Gasteiger partial charge in [-0.05, 0) is 44.7 Å². The lowest BCUT2D eigenvalue weighted by molar-refractivity contribution is 0.316. The second-order valence-electron chi connectivity index (χ2n) is 5.46. The Morgan fingerprint density at radius 2 is 1.86 bits per heavy atom. The van der Waals surface area contributed by atoms with Gasteiger partial charge in [-0.25, -0.2) is 0 Å². The van der Waals surface area contributed by atoms with Crippen LogP contribution in [0.3, 0.4) is 0 Å². The summed E-state index contributed by atoms with van der Waals surface area (Å²) in [5, 5.41) is 3.74. The summed E-state index contributed by atoms with van der Waals surface area (Å²) in [6.45, 7) is 4.04. The Balaban J connectivity index is 1.35. The Kier molecular flexibility index (Phi) is 2.50. The molecule has 1 saturated heterocycles. The van der Waals surface area contributed by atoms with Gasteiger partial charge >= 0.3 is 0 Å². The lowest BCUT2D eigenvalue weighted by Gasteiger charge is -2.16. The summed E-state index contributed by atoms with van der Waals surface area (Å²) in [4.78, 5) is 2.67. The summed E-state index contributed by atoms with van der Waals surface area (Å²) < 4.78 is 0. The van der Waals surface area contributed by atoms with E-state index in [1.165, 1.54) is 58.2 Å². The van der Waals surface area contributed by atoms with Crippen LogP contribution in [0.15, 0.2) is 0 Å². The van der Waals surface area contributed by atoms with Gasteiger partial charge in [-0.1, -0.05) is 12.8 Å². The Labute approximate surface area is 87.0 Å². The first-order valence-corrected chi connectivity index (χ1v) is 6.38. The zero-order valence-electron chi connectivity index (χ0n) is 9.04. The molecule has 2 nitrogen and oxygen atoms in total. The van der Waals surface area contributed by atoms with Crippen molar-refractivity contribution in [1.29, 1.82) is 0 Å². The molecule has 1 heterocycles. The maximum absolute atomic E-state index is 3.74. The Bertz CT molecular complexity index is 196. The zero-order valence-corrected chi connectivity index (χ0v) is 9.04. The molecule has 80 valence electrons. The van der Waals surface area contributed by atoms with E-state index in [1.807, 2.05) is 0 Å². The lowest BCUT2D eigenvalue weighted by atomic mass is 10.2. The van der Waals surface area contributed by atoms with Gasteiger partial charge in [0.1, 0.15) is 0 Å². The Hall–Kier alpha value is -0.0800. The average molecular weight is 194 g/mol. The molecular weight excluding hydrogens is 172 g/mol. The molecule has 0 aromatic carbocycles. The van der Waals surface area contributed by atoms with E-state index in [2.05, 4.69) is 10.2 Å². The van der Waals surface area contributed by atoms with Gasteiger partial charge in [-0.3, -0.25) is 0 Å². The highest BCUT2D eigenvalue weighted by Gasteiger charge is 2.30. The Morgan fingerprint density at radius 3 is 2.57 bits per heavy atom. The lowest BCUT2D eigenvalue weighted by Crippen LogP contribution is -2.34. The van der Waals surface area contributed by atoms with Gasteiger partial charge in [0, 0.05) is 18.6 Å². The number of hydrogen-bond donors (Lipinski definition) is 1. The average Bonchev–Trinajstić information content (AvgIpc) is 3.06. The molecule has 2 heteroatoms. The Morgan fingerprint density at radius 1 is 1.00 bits per heavy atom. The van der Waals surface area contributed by atoms with Crippen LogP contribution in [0.5, 0.6) is 0 Å². The van der Waals surface area contributed by atoms with Gasteiger partial charge in [-0.15, -0.1) is 0 Å². The standard InChI is InChI=1S/C12H22N2/c1-2-10(1)5-7-14-8-6-12(9-14)13-11-3-4-11/h10-13H,1-9H2. The van der Waals surface area contributed by atoms with Gasteiger partial charge in [0.15, 0.2) is 0 Å². The van der Waals surface area contributed by atoms with E-state index < -0.39 is 0 Å². The van der Waals surface area contributed by atoms with E-state index in [1.54, 1.807) is 0 Å². The predicted octanol–water partition coefficient (Wildman–Crippen LogP) is 1.61. The van der Waals surface area contributed by atoms with E-state index in [9.17, 15) is 0 Å². The van der Waals surface area contributed by atoms with E-state index in [0.29, 0.717) is 0 Å². The van der Waals surface area contributed by atoms with Crippen molar-refractivity contribution in [3.63, 3.8) is 0 Å². The third-order valence-electron chi connectivity index (χ3n) is 3.87. The third kappa shape index (κ3) is 2.48. The molecule has 2 saturated carbocycles. The number of nitrogens with zero attached hydrogens (tertiary/aromatic N) is 1. The van der Waals surface area contributed by atoms with Gasteiger partial charge < -0.3 is 10.2 Å². The minimum absolute atomic E-state index is 0.821. The molecule has 0 radical (unpaired) electrons. The molecular formula is C12H22N2. The van der Waals surface area contributed by atoms with Crippen LogP contribution in [-0.4, -0.2) is 36.6 Å². The zero-order chi connectivity index (χ0) is 9.38. The second kappa shape index (κ2) is 3.82. The van der Waals surface area contributed by atoms with Crippen LogP contribution in [0.1, 0.15) is 38.5 Å². The second-order valence-corrected chi connectivity index (χ2v) is 5.46. The molecule has 0 aromatic rings. The first-order valence-electron chi connectivity index (χ1n) is 6.38. The number of rotatable bonds is 5. The van der Waals surface area contributed by atoms with Gasteiger partial charge in [0.05, 0.1) is 0 Å². The van der Waals surface area contributed by atoms with Crippen molar-refractivity contribution in [2.45, 2.75) is 50.6 Å². The normalized spacial score (nSPS) is 33.9. The molecule has 3 fully saturated rings. The summed E-state index contributed by atoms with van der Waals surface area (Å²) in [5.74, 6) is 1.10. The fourth-order valence-corrected chi connectivity index (χ4v) is 2.53. The molecule has 0 aromatic heterocycles. The van der Waals surface area contributed by atoms with Crippen molar-refractivity contribution >= 4 is 0 Å². The van der Waals surface area contributed by atoms with Crippen LogP contribution < -0.4 is 5.32 Å². The van der Waals surface area contributed by atoms with E-state index in [4.69, 9.17) is 0 Å². The van der Waals surface area contributed by atoms with Crippen molar-refractivity contribution in [1.82, 2.24) is 10.2 Å². The van der Waals surface area contributed by atoms with Crippen LogP contribution in [0, 0.1) is 5.92 Å². The quantitative estimate of drug-likeness (QED) is 0.715. The summed E-state index contributed by atoms with van der Waals surface area (Å²) >= 11 is 0. The van der Waals surface area contributed by atoms with Crippen LogP contribution >= 0.6 is 0 Å². The maximum Gasteiger partial charge on any atom is 0.0209 e. The fraction of sp³-hybridized carbons (Fsp3) is 1.00. The third-order valence-corrected chi connectivity index (χ3v) is 3.87. The highest BCUT2D eigenvalue weighted by molar-refractivity contribution is 4.89. The van der Waals surface area contributed by atoms with Crippen LogP contribution in [0.25, 0.3) is 0 Å². The van der Waals surface area contributed by atoms with E-state index in [-0.39, 0.29) is 0 Å². The molecule has 1 unspecified atom stereocenters. The summed E-state index contributed by atoms with van der Waals surface area (Å²) in [6.07, 6.45) is 8.74. The summed E-state index contributed by atoms with van der Waals surface area (Å²) in [5.41, 5.74) is 0. The molecule has 3 aliphatic rings. The number of likely N-dealkylation sites (tertiary alicyclic amines) is 1. The van der Waals surface area contributed by atoms with Crippen LogP contribution in [0.4, 0.5) is 0 Å². The van der Waals surface area contributed by atoms with Crippen molar-refractivity contribution in [2.75, 3.05) is 19.6 Å². The molecule has 1 aliphatic heterocycles. The summed E-state index contributed by atoms with van der Waals surface area (Å²) in [6, 6.07) is 1.71. The van der Waals surface area contributed by atoms with E-state index >= 15 is 0 Å². The summed E-state index contributed by atoms with van der Waals surface area (Å²) in [7, 11) is 0. The predicted molar refractivity (Wildman–Crippen MR) is 58.3 cm³/mol. The van der Waals surface area contributed by atoms with Crippen molar-refractivity contribution in [3.8, 4) is 0 Å². The largest absolute Gasteiger partial charge is 0.310 e.